The largest absolute Gasteiger partial charge is 0.330 e. The van der Waals surface area contributed by atoms with Gasteiger partial charge in [-0.2, -0.15) is 0 Å². The average Bonchev–Trinajstić information content (AvgIpc) is 2.04. The highest BCUT2D eigenvalue weighted by Crippen LogP contribution is 2.30. The summed E-state index contributed by atoms with van der Waals surface area (Å²) in [6.07, 6.45) is 0.684. The van der Waals surface area contributed by atoms with E-state index in [4.69, 9.17) is 34.7 Å². The van der Waals surface area contributed by atoms with Gasteiger partial charge in [0.1, 0.15) is 0 Å². The second-order valence-electron chi connectivity index (χ2n) is 2.82. The quantitative estimate of drug-likeness (QED) is 0.873. The lowest BCUT2D eigenvalue weighted by atomic mass is 10.0. The molecule has 4 N–H and O–H groups in total. The van der Waals surface area contributed by atoms with Crippen LogP contribution < -0.4 is 11.5 Å². The van der Waals surface area contributed by atoms with Gasteiger partial charge in [0.25, 0.3) is 0 Å². The monoisotopic (exact) mass is 254 g/mol. The van der Waals surface area contributed by atoms with E-state index < -0.39 is 0 Å². The van der Waals surface area contributed by atoms with Crippen molar-refractivity contribution in [2.75, 3.05) is 6.54 Å². The summed E-state index contributed by atoms with van der Waals surface area (Å²) in [6.45, 7) is 0.530. The molecule has 1 rings (SSSR count). The third-order valence-electron chi connectivity index (χ3n) is 1.85. The van der Waals surface area contributed by atoms with Gasteiger partial charge in [0.15, 0.2) is 0 Å². The van der Waals surface area contributed by atoms with E-state index in [2.05, 4.69) is 0 Å². The van der Waals surface area contributed by atoms with Crippen LogP contribution in [0.5, 0.6) is 0 Å². The van der Waals surface area contributed by atoms with E-state index in [9.17, 15) is 0 Å². The van der Waals surface area contributed by atoms with Crippen LogP contribution in [0.1, 0.15) is 18.0 Å². The molecule has 1 atom stereocenters. The van der Waals surface area contributed by atoms with Crippen LogP contribution in [0.4, 0.5) is 0 Å². The molecule has 0 spiro atoms. The summed E-state index contributed by atoms with van der Waals surface area (Å²) in [7, 11) is 0. The van der Waals surface area contributed by atoms with Crippen molar-refractivity contribution in [3.63, 3.8) is 0 Å². The fourth-order valence-corrected chi connectivity index (χ4v) is 1.87. The van der Waals surface area contributed by atoms with Gasteiger partial charge in [-0.15, -0.1) is 12.4 Å². The maximum atomic E-state index is 5.95. The highest BCUT2D eigenvalue weighted by molar-refractivity contribution is 6.36. The van der Waals surface area contributed by atoms with Gasteiger partial charge in [-0.25, -0.2) is 0 Å². The van der Waals surface area contributed by atoms with Crippen LogP contribution in [-0.4, -0.2) is 6.54 Å². The Morgan fingerprint density at radius 1 is 1.21 bits per heavy atom. The topological polar surface area (TPSA) is 52.0 Å². The Kier molecular flexibility index (Phi) is 6.49. The van der Waals surface area contributed by atoms with E-state index in [-0.39, 0.29) is 18.4 Å². The van der Waals surface area contributed by atoms with Crippen LogP contribution in [0.2, 0.25) is 10.0 Å². The van der Waals surface area contributed by atoms with Crippen molar-refractivity contribution in [2.24, 2.45) is 11.5 Å². The van der Waals surface area contributed by atoms with Gasteiger partial charge in [-0.1, -0.05) is 29.3 Å². The zero-order chi connectivity index (χ0) is 9.84. The van der Waals surface area contributed by atoms with Crippen LogP contribution in [0, 0.1) is 0 Å². The Labute approximate surface area is 100.0 Å². The third kappa shape index (κ3) is 3.30. The molecule has 1 aromatic rings. The third-order valence-corrected chi connectivity index (χ3v) is 2.51. The summed E-state index contributed by atoms with van der Waals surface area (Å²) >= 11 is 11.9. The van der Waals surface area contributed by atoms with Crippen LogP contribution in [0.3, 0.4) is 0 Å². The number of halogens is 3. The zero-order valence-electron chi connectivity index (χ0n) is 7.54. The van der Waals surface area contributed by atoms with Crippen molar-refractivity contribution in [1.29, 1.82) is 0 Å². The van der Waals surface area contributed by atoms with E-state index in [0.717, 1.165) is 5.56 Å². The first-order valence-electron chi connectivity index (χ1n) is 4.06. The van der Waals surface area contributed by atoms with Gasteiger partial charge in [-0.05, 0) is 25.1 Å². The Morgan fingerprint density at radius 3 is 2.14 bits per heavy atom. The Balaban J connectivity index is 0.00000169. The lowest BCUT2D eigenvalue weighted by Crippen LogP contribution is -2.16. The molecule has 0 aliphatic rings. The van der Waals surface area contributed by atoms with Crippen molar-refractivity contribution in [1.82, 2.24) is 0 Å². The molecule has 0 heterocycles. The minimum absolute atomic E-state index is 0. The van der Waals surface area contributed by atoms with E-state index in [0.29, 0.717) is 23.0 Å². The highest BCUT2D eigenvalue weighted by atomic mass is 35.5. The predicted octanol–water partition coefficient (Wildman–Crippen LogP) is 2.76. The van der Waals surface area contributed by atoms with E-state index in [1.807, 2.05) is 0 Å². The fourth-order valence-electron chi connectivity index (χ4n) is 1.19. The SMILES string of the molecule is Cl.NCC[C@@H](N)c1c(Cl)cccc1Cl. The smallest absolute Gasteiger partial charge is 0.0468 e. The molecule has 0 aliphatic carbocycles. The number of hydrogen-bond donors (Lipinski definition) is 2. The van der Waals surface area contributed by atoms with E-state index in [1.54, 1.807) is 18.2 Å². The van der Waals surface area contributed by atoms with E-state index in [1.165, 1.54) is 0 Å². The van der Waals surface area contributed by atoms with Gasteiger partial charge in [0, 0.05) is 21.7 Å². The van der Waals surface area contributed by atoms with Crippen molar-refractivity contribution >= 4 is 35.6 Å². The Hall–Kier alpha value is 0.01000. The molecule has 0 amide bonds. The fraction of sp³-hybridized carbons (Fsp3) is 0.333. The molecule has 0 aromatic heterocycles. The molecule has 0 saturated heterocycles. The van der Waals surface area contributed by atoms with Crippen molar-refractivity contribution < 1.29 is 0 Å². The van der Waals surface area contributed by atoms with Crippen molar-refractivity contribution in [3.05, 3.63) is 33.8 Å². The minimum atomic E-state index is -0.175. The summed E-state index contributed by atoms with van der Waals surface area (Å²) < 4.78 is 0. The first kappa shape index (κ1) is 14.0. The average molecular weight is 256 g/mol. The summed E-state index contributed by atoms with van der Waals surface area (Å²) in [5.41, 5.74) is 12.0. The van der Waals surface area contributed by atoms with E-state index >= 15 is 0 Å². The van der Waals surface area contributed by atoms with Crippen LogP contribution in [0.25, 0.3) is 0 Å². The number of hydrogen-bond acceptors (Lipinski definition) is 2. The number of rotatable bonds is 3. The second kappa shape index (κ2) is 6.49. The van der Waals surface area contributed by atoms with Gasteiger partial charge in [-0.3, -0.25) is 0 Å². The van der Waals surface area contributed by atoms with Gasteiger partial charge < -0.3 is 11.5 Å². The summed E-state index contributed by atoms with van der Waals surface area (Å²) in [5.74, 6) is 0. The molecule has 2 nitrogen and oxygen atoms in total. The molecular formula is C9H13Cl3N2. The van der Waals surface area contributed by atoms with Crippen molar-refractivity contribution in [2.45, 2.75) is 12.5 Å². The standard InChI is InChI=1S/C9H12Cl2N2.ClH/c10-6-2-1-3-7(11)9(6)8(13)4-5-12;/h1-3,8H,4-5,12-13H2;1H/t8-;/m1./s1. The molecule has 0 radical (unpaired) electrons. The summed E-state index contributed by atoms with van der Waals surface area (Å²) in [6, 6.07) is 5.17. The molecule has 1 aromatic carbocycles. The summed E-state index contributed by atoms with van der Waals surface area (Å²) in [5, 5.41) is 1.21. The Morgan fingerprint density at radius 2 is 1.71 bits per heavy atom. The Bertz CT molecular complexity index is 271. The van der Waals surface area contributed by atoms with Crippen LogP contribution in [0.15, 0.2) is 18.2 Å². The van der Waals surface area contributed by atoms with Crippen LogP contribution in [-0.2, 0) is 0 Å². The summed E-state index contributed by atoms with van der Waals surface area (Å²) in [4.78, 5) is 0. The minimum Gasteiger partial charge on any atom is -0.330 e. The normalized spacial score (nSPS) is 12.0. The zero-order valence-corrected chi connectivity index (χ0v) is 9.87. The molecule has 0 fully saturated rings. The highest BCUT2D eigenvalue weighted by Gasteiger charge is 2.12. The maximum absolute atomic E-state index is 5.95. The molecule has 0 saturated carbocycles. The molecule has 14 heavy (non-hydrogen) atoms. The molecule has 80 valence electrons. The first-order chi connectivity index (χ1) is 6.16. The molecular weight excluding hydrogens is 242 g/mol. The number of nitrogens with two attached hydrogens (primary N) is 2. The lowest BCUT2D eigenvalue weighted by molar-refractivity contribution is 0.662. The lowest BCUT2D eigenvalue weighted by Gasteiger charge is -2.13. The molecule has 0 unspecified atom stereocenters. The van der Waals surface area contributed by atoms with Crippen LogP contribution >= 0.6 is 35.6 Å². The predicted molar refractivity (Wildman–Crippen MR) is 64.3 cm³/mol. The molecule has 0 bridgehead atoms. The maximum Gasteiger partial charge on any atom is 0.0468 e. The second-order valence-corrected chi connectivity index (χ2v) is 3.63. The van der Waals surface area contributed by atoms with Gasteiger partial charge >= 0.3 is 0 Å². The van der Waals surface area contributed by atoms with Crippen molar-refractivity contribution in [3.8, 4) is 0 Å². The number of benzene rings is 1. The van der Waals surface area contributed by atoms with Gasteiger partial charge in [0.05, 0.1) is 0 Å². The van der Waals surface area contributed by atoms with Gasteiger partial charge in [0.2, 0.25) is 0 Å². The first-order valence-corrected chi connectivity index (χ1v) is 4.82. The molecule has 0 aliphatic heterocycles. The molecule has 5 heteroatoms.